The van der Waals surface area contributed by atoms with Gasteiger partial charge in [0, 0.05) is 6.07 Å². The largest absolute Gasteiger partial charge is 1.00 e. The lowest BCUT2D eigenvalue weighted by Crippen LogP contribution is -3.00. The second-order valence-corrected chi connectivity index (χ2v) is 9.07. The van der Waals surface area contributed by atoms with Gasteiger partial charge in [-0.15, -0.1) is 0 Å². The molecule has 124 valence electrons. The second-order valence-electron chi connectivity index (χ2n) is 5.66. The van der Waals surface area contributed by atoms with E-state index in [2.05, 4.69) is 97.1 Å². The number of benzene rings is 3. The molecule has 0 N–H and O–H groups in total. The molecule has 0 fully saturated rings. The monoisotopic (exact) mass is 408 g/mol. The highest BCUT2D eigenvalue weighted by atomic mass is 79.9. The van der Waals surface area contributed by atoms with Crippen LogP contribution in [0.1, 0.15) is 0 Å². The van der Waals surface area contributed by atoms with E-state index in [-0.39, 0.29) is 17.0 Å². The summed E-state index contributed by atoms with van der Waals surface area (Å²) in [5, 5.41) is 5.25. The predicted octanol–water partition coefficient (Wildman–Crippen LogP) is 0.903. The summed E-state index contributed by atoms with van der Waals surface area (Å²) in [6.07, 6.45) is 3.68. The highest BCUT2D eigenvalue weighted by Gasteiger charge is 2.48. The molecule has 4 rings (SSSR count). The van der Waals surface area contributed by atoms with Crippen molar-refractivity contribution in [2.45, 2.75) is 0 Å². The topological polar surface area (TPSA) is 13.1 Å². The van der Waals surface area contributed by atoms with Gasteiger partial charge in [0.1, 0.15) is 34.7 Å². The second kappa shape index (κ2) is 7.82. The van der Waals surface area contributed by atoms with Gasteiger partial charge in [0.05, 0.1) is 6.26 Å². The third-order valence-electron chi connectivity index (χ3n) is 4.32. The molecule has 0 amide bonds. The Bertz CT molecular complexity index is 794. The van der Waals surface area contributed by atoms with Crippen molar-refractivity contribution in [2.24, 2.45) is 0 Å². The van der Waals surface area contributed by atoms with Crippen molar-refractivity contribution in [1.29, 1.82) is 0 Å². The molecule has 0 aliphatic rings. The molecule has 3 heteroatoms. The maximum atomic E-state index is 5.51. The molecule has 0 unspecified atom stereocenters. The highest BCUT2D eigenvalue weighted by molar-refractivity contribution is 8.01. The Morgan fingerprint density at radius 1 is 0.480 bits per heavy atom. The van der Waals surface area contributed by atoms with Gasteiger partial charge < -0.3 is 21.4 Å². The third kappa shape index (κ3) is 3.08. The first-order valence-electron chi connectivity index (χ1n) is 8.01. The van der Waals surface area contributed by atoms with Crippen LogP contribution in [0.15, 0.2) is 114 Å². The predicted molar refractivity (Wildman–Crippen MR) is 103 cm³/mol. The van der Waals surface area contributed by atoms with E-state index in [9.17, 15) is 0 Å². The maximum Gasteiger partial charge on any atom is 0.147 e. The molecule has 3 aromatic carbocycles. The minimum absolute atomic E-state index is 0. The van der Waals surface area contributed by atoms with Crippen LogP contribution in [0, 0.1) is 0 Å². The molecule has 0 saturated carbocycles. The fourth-order valence-corrected chi connectivity index (χ4v) is 7.45. The summed E-state index contributed by atoms with van der Waals surface area (Å²) in [4.78, 5) is 0. The van der Waals surface area contributed by atoms with Gasteiger partial charge in [-0.05, 0) is 36.4 Å². The van der Waals surface area contributed by atoms with E-state index in [4.69, 9.17) is 4.42 Å². The van der Waals surface area contributed by atoms with Crippen molar-refractivity contribution in [3.05, 3.63) is 110 Å². The zero-order valence-corrected chi connectivity index (χ0v) is 16.1. The standard InChI is InChI=1S/C22H18OP.BrH/c1-4-10-19(11-5-1)24(22-16-17-23-18-22,20-12-6-2-7-13-20)21-14-8-3-9-15-21;/h1-18H;1H/q+1;/p-1. The van der Waals surface area contributed by atoms with Gasteiger partial charge in [0.25, 0.3) is 0 Å². The molecule has 0 atom stereocenters. The van der Waals surface area contributed by atoms with Gasteiger partial charge in [0.15, 0.2) is 0 Å². The van der Waals surface area contributed by atoms with Crippen molar-refractivity contribution >= 4 is 28.5 Å². The molecule has 0 aliphatic carbocycles. The fraction of sp³-hybridized carbons (Fsp3) is 0. The molecule has 1 aromatic heterocycles. The summed E-state index contributed by atoms with van der Waals surface area (Å²) in [5.74, 6) is 0. The van der Waals surface area contributed by atoms with Gasteiger partial charge in [-0.25, -0.2) is 0 Å². The normalized spacial score (nSPS) is 10.9. The summed E-state index contributed by atoms with van der Waals surface area (Å²) in [7, 11) is -1.95. The van der Waals surface area contributed by atoms with Gasteiger partial charge in [-0.3, -0.25) is 0 Å². The molecule has 0 spiro atoms. The Labute approximate surface area is 159 Å². The van der Waals surface area contributed by atoms with E-state index < -0.39 is 7.26 Å². The van der Waals surface area contributed by atoms with E-state index in [0.29, 0.717) is 0 Å². The molecular formula is C22H18BrOP. The Morgan fingerprint density at radius 3 is 1.20 bits per heavy atom. The van der Waals surface area contributed by atoms with Crippen molar-refractivity contribution in [3.63, 3.8) is 0 Å². The van der Waals surface area contributed by atoms with Crippen molar-refractivity contribution in [2.75, 3.05) is 0 Å². The van der Waals surface area contributed by atoms with Crippen LogP contribution in [0.3, 0.4) is 0 Å². The summed E-state index contributed by atoms with van der Waals surface area (Å²) in [5.41, 5.74) is 0. The first-order chi connectivity index (χ1) is 11.9. The summed E-state index contributed by atoms with van der Waals surface area (Å²) in [6, 6.07) is 34.5. The van der Waals surface area contributed by atoms with Crippen LogP contribution in [0.25, 0.3) is 0 Å². The highest BCUT2D eigenvalue weighted by Crippen LogP contribution is 2.54. The van der Waals surface area contributed by atoms with Crippen LogP contribution in [-0.4, -0.2) is 0 Å². The lowest BCUT2D eigenvalue weighted by molar-refractivity contribution is -0.00000492. The minimum atomic E-state index is -1.95. The fourth-order valence-electron chi connectivity index (χ4n) is 3.30. The van der Waals surface area contributed by atoms with Gasteiger partial charge in [0.2, 0.25) is 0 Å². The Hall–Kier alpha value is -2.15. The molecule has 1 heterocycles. The number of halogens is 1. The number of furan rings is 1. The van der Waals surface area contributed by atoms with E-state index >= 15 is 0 Å². The number of hydrogen-bond donors (Lipinski definition) is 0. The van der Waals surface area contributed by atoms with Crippen LogP contribution in [0.5, 0.6) is 0 Å². The van der Waals surface area contributed by atoms with E-state index in [0.717, 1.165) is 0 Å². The Balaban J connectivity index is 0.00000182. The number of hydrogen-bond acceptors (Lipinski definition) is 1. The van der Waals surface area contributed by atoms with E-state index in [1.165, 1.54) is 21.2 Å². The average Bonchev–Trinajstić information content (AvgIpc) is 3.20. The summed E-state index contributed by atoms with van der Waals surface area (Å²) < 4.78 is 5.51. The maximum absolute atomic E-state index is 5.51. The van der Waals surface area contributed by atoms with Gasteiger partial charge in [-0.2, -0.15) is 0 Å². The Kier molecular flexibility index (Phi) is 5.53. The van der Waals surface area contributed by atoms with Crippen LogP contribution >= 0.6 is 7.26 Å². The smallest absolute Gasteiger partial charge is 0.147 e. The molecular weight excluding hydrogens is 391 g/mol. The molecule has 0 aliphatic heterocycles. The molecule has 0 radical (unpaired) electrons. The lowest BCUT2D eigenvalue weighted by Gasteiger charge is -2.25. The first kappa shape index (κ1) is 17.7. The van der Waals surface area contributed by atoms with Crippen molar-refractivity contribution < 1.29 is 21.4 Å². The lowest BCUT2D eigenvalue weighted by atomic mass is 10.4. The molecule has 0 saturated heterocycles. The Morgan fingerprint density at radius 2 is 0.880 bits per heavy atom. The van der Waals surface area contributed by atoms with Crippen LogP contribution < -0.4 is 38.2 Å². The first-order valence-corrected chi connectivity index (χ1v) is 9.80. The van der Waals surface area contributed by atoms with E-state index in [1.54, 1.807) is 6.26 Å². The molecule has 1 nitrogen and oxygen atoms in total. The third-order valence-corrected chi connectivity index (χ3v) is 8.57. The zero-order valence-electron chi connectivity index (χ0n) is 13.6. The van der Waals surface area contributed by atoms with Crippen LogP contribution in [-0.2, 0) is 0 Å². The molecule has 4 aromatic rings. The van der Waals surface area contributed by atoms with Gasteiger partial charge in [-0.1, -0.05) is 54.6 Å². The zero-order chi connectivity index (χ0) is 16.2. The average molecular weight is 409 g/mol. The minimum Gasteiger partial charge on any atom is -1.00 e. The summed E-state index contributed by atoms with van der Waals surface area (Å²) >= 11 is 0. The van der Waals surface area contributed by atoms with Crippen molar-refractivity contribution in [3.8, 4) is 0 Å². The SMILES string of the molecule is [Br-].c1ccc([P+](c2ccccc2)(c2ccccc2)c2ccoc2)cc1. The quantitative estimate of drug-likeness (QED) is 0.457. The molecule has 0 bridgehead atoms. The van der Waals surface area contributed by atoms with Crippen molar-refractivity contribution in [1.82, 2.24) is 0 Å². The molecule has 25 heavy (non-hydrogen) atoms. The summed E-state index contributed by atoms with van der Waals surface area (Å²) in [6.45, 7) is 0. The van der Waals surface area contributed by atoms with Crippen LogP contribution in [0.2, 0.25) is 0 Å². The van der Waals surface area contributed by atoms with Crippen LogP contribution in [0.4, 0.5) is 0 Å². The number of rotatable bonds is 4. The van der Waals surface area contributed by atoms with E-state index in [1.807, 2.05) is 6.26 Å². The van der Waals surface area contributed by atoms with Gasteiger partial charge >= 0.3 is 0 Å².